The van der Waals surface area contributed by atoms with E-state index >= 15 is 0 Å². The van der Waals surface area contributed by atoms with Gasteiger partial charge in [-0.3, -0.25) is 14.1 Å². The van der Waals surface area contributed by atoms with Crippen LogP contribution in [0.2, 0.25) is 0 Å². The van der Waals surface area contributed by atoms with Crippen LogP contribution in [-0.4, -0.2) is 37.7 Å². The largest absolute Gasteiger partial charge is 0.508 e. The molecule has 0 aliphatic rings. The first-order valence-corrected chi connectivity index (χ1v) is 15.5. The molecule has 0 unspecified atom stereocenters. The molecule has 0 aliphatic heterocycles. The van der Waals surface area contributed by atoms with Crippen molar-refractivity contribution in [3.05, 3.63) is 119 Å². The summed E-state index contributed by atoms with van der Waals surface area (Å²) in [5.74, 6) is 0.966. The number of hydrogen-bond acceptors (Lipinski definition) is 9. The third-order valence-electron chi connectivity index (χ3n) is 7.43. The van der Waals surface area contributed by atoms with Crippen LogP contribution in [0.5, 0.6) is 5.75 Å². The zero-order valence-electron chi connectivity index (χ0n) is 24.6. The zero-order chi connectivity index (χ0) is 31.9. The highest BCUT2D eigenvalue weighted by Gasteiger charge is 2.23. The second kappa shape index (κ2) is 11.4. The monoisotopic (exact) mass is 622 g/mol. The van der Waals surface area contributed by atoms with Crippen LogP contribution in [0.4, 0.5) is 17.3 Å². The number of nitrogens with zero attached hydrogens (tertiary/aromatic N) is 5. The molecule has 45 heavy (non-hydrogen) atoms. The van der Waals surface area contributed by atoms with Crippen molar-refractivity contribution in [1.29, 1.82) is 0 Å². The number of aromatic nitrogens is 5. The minimum absolute atomic E-state index is 0.00381. The highest BCUT2D eigenvalue weighted by atomic mass is 32.2. The molecule has 3 aromatic carbocycles. The fraction of sp³-hybridized carbons (Fsp3) is 0.125. The summed E-state index contributed by atoms with van der Waals surface area (Å²) in [5, 5.41) is 18.0. The lowest BCUT2D eigenvalue weighted by molar-refractivity contribution is 0.470. The maximum atomic E-state index is 13.8. The average molecular weight is 623 g/mol. The van der Waals surface area contributed by atoms with Crippen molar-refractivity contribution in [1.82, 2.24) is 24.1 Å². The van der Waals surface area contributed by atoms with Gasteiger partial charge in [-0.25, -0.2) is 22.9 Å². The number of nitrogens with two attached hydrogens (primary N) is 1. The molecule has 0 saturated heterocycles. The van der Waals surface area contributed by atoms with Gasteiger partial charge in [0, 0.05) is 11.9 Å². The molecule has 6 rings (SSSR count). The lowest BCUT2D eigenvalue weighted by Crippen LogP contribution is -2.29. The van der Waals surface area contributed by atoms with E-state index in [1.54, 1.807) is 46.5 Å². The summed E-state index contributed by atoms with van der Waals surface area (Å²) in [6.45, 7) is 5.34. The number of phenolic OH excluding ortho intramolecular Hbond substituents is 1. The predicted octanol–water partition coefficient (Wildman–Crippen LogP) is 4.82. The Labute approximate surface area is 258 Å². The third-order valence-corrected chi connectivity index (χ3v) is 8.81. The van der Waals surface area contributed by atoms with Crippen molar-refractivity contribution in [2.24, 2.45) is 0 Å². The topological polar surface area (TPSA) is 170 Å². The highest BCUT2D eigenvalue weighted by molar-refractivity contribution is 7.92. The Bertz CT molecular complexity index is 2230. The van der Waals surface area contributed by atoms with Crippen LogP contribution in [0.3, 0.4) is 0 Å². The SMILES string of the molecule is Cc1cc(S(=O)(=O)Nc2cccc(-c3c(N)ncnc3N[C@@H](C)c3nn4ccc(C)c4c(=O)n3-c3ccccc3)c2)ccc1O. The maximum Gasteiger partial charge on any atom is 0.282 e. The van der Waals surface area contributed by atoms with Gasteiger partial charge in [-0.15, -0.1) is 0 Å². The number of aromatic hydroxyl groups is 1. The fourth-order valence-corrected chi connectivity index (χ4v) is 6.28. The summed E-state index contributed by atoms with van der Waals surface area (Å²) >= 11 is 0. The molecule has 0 amide bonds. The van der Waals surface area contributed by atoms with E-state index in [4.69, 9.17) is 10.8 Å². The number of phenols is 1. The van der Waals surface area contributed by atoms with E-state index in [2.05, 4.69) is 20.0 Å². The van der Waals surface area contributed by atoms with E-state index in [-0.39, 0.29) is 27.7 Å². The molecule has 13 heteroatoms. The Morgan fingerprint density at radius 2 is 1.71 bits per heavy atom. The number of nitrogens with one attached hydrogen (secondary N) is 2. The number of para-hydroxylation sites is 1. The van der Waals surface area contributed by atoms with Gasteiger partial charge < -0.3 is 16.2 Å². The second-order valence-corrected chi connectivity index (χ2v) is 12.3. The minimum atomic E-state index is -3.96. The number of nitrogen functional groups attached to an aromatic ring is 1. The molecule has 0 radical (unpaired) electrons. The van der Waals surface area contributed by atoms with Crippen molar-refractivity contribution in [2.75, 3.05) is 15.8 Å². The van der Waals surface area contributed by atoms with Gasteiger partial charge in [-0.05, 0) is 86.0 Å². The van der Waals surface area contributed by atoms with Gasteiger partial charge in [-0.1, -0.05) is 30.3 Å². The number of hydrogen-bond donors (Lipinski definition) is 4. The first-order valence-electron chi connectivity index (χ1n) is 14.0. The molecule has 0 saturated carbocycles. The molecule has 3 heterocycles. The molecular formula is C32H30N8O4S. The van der Waals surface area contributed by atoms with Gasteiger partial charge >= 0.3 is 0 Å². The Hall–Kier alpha value is -5.69. The smallest absolute Gasteiger partial charge is 0.282 e. The van der Waals surface area contributed by atoms with Crippen molar-refractivity contribution in [3.63, 3.8) is 0 Å². The number of benzene rings is 3. The standard InChI is InChI=1S/C32H30N8O4S/c1-19-14-15-39-28(19)32(42)40(24-10-5-4-6-11-24)31(37-39)21(3)36-30-27(29(33)34-18-35-30)22-8-7-9-23(17-22)38-45(43,44)25-12-13-26(41)20(2)16-25/h4-18,21,38,41H,1-3H3,(H3,33,34,35,36)/t21-/m0/s1. The van der Waals surface area contributed by atoms with E-state index in [0.29, 0.717) is 39.5 Å². The lowest BCUT2D eigenvalue weighted by Gasteiger charge is -2.21. The van der Waals surface area contributed by atoms with Gasteiger partial charge in [-0.2, -0.15) is 5.10 Å². The number of fused-ring (bicyclic) bond motifs is 1. The van der Waals surface area contributed by atoms with E-state index in [9.17, 15) is 18.3 Å². The van der Waals surface area contributed by atoms with Crippen molar-refractivity contribution in [3.8, 4) is 22.6 Å². The summed E-state index contributed by atoms with van der Waals surface area (Å²) in [4.78, 5) is 22.4. The van der Waals surface area contributed by atoms with Gasteiger partial charge in [0.25, 0.3) is 15.6 Å². The van der Waals surface area contributed by atoms with E-state index in [0.717, 1.165) is 5.56 Å². The summed E-state index contributed by atoms with van der Waals surface area (Å²) in [6, 6.07) is 21.3. The molecule has 0 aliphatic carbocycles. The number of anilines is 3. The molecule has 12 nitrogen and oxygen atoms in total. The molecule has 3 aromatic heterocycles. The molecular weight excluding hydrogens is 592 g/mol. The molecule has 228 valence electrons. The first-order chi connectivity index (χ1) is 21.5. The van der Waals surface area contributed by atoms with Gasteiger partial charge in [0.05, 0.1) is 22.2 Å². The summed E-state index contributed by atoms with van der Waals surface area (Å²) < 4.78 is 32.0. The van der Waals surface area contributed by atoms with Crippen LogP contribution in [0, 0.1) is 13.8 Å². The average Bonchev–Trinajstić information content (AvgIpc) is 3.39. The maximum absolute atomic E-state index is 13.8. The number of rotatable bonds is 8. The van der Waals surface area contributed by atoms with E-state index in [1.807, 2.05) is 50.2 Å². The van der Waals surface area contributed by atoms with E-state index < -0.39 is 16.1 Å². The predicted molar refractivity (Wildman–Crippen MR) is 173 cm³/mol. The Morgan fingerprint density at radius 3 is 2.47 bits per heavy atom. The van der Waals surface area contributed by atoms with E-state index in [1.165, 1.54) is 24.5 Å². The van der Waals surface area contributed by atoms with Crippen molar-refractivity contribution >= 4 is 32.9 Å². The molecule has 0 bridgehead atoms. The van der Waals surface area contributed by atoms with Crippen LogP contribution in [0.25, 0.3) is 22.3 Å². The molecule has 0 fully saturated rings. The summed E-state index contributed by atoms with van der Waals surface area (Å²) in [6.07, 6.45) is 3.07. The number of aryl methyl sites for hydroxylation is 2. The quantitative estimate of drug-likeness (QED) is 0.186. The molecule has 5 N–H and O–H groups in total. The fourth-order valence-electron chi connectivity index (χ4n) is 5.15. The van der Waals surface area contributed by atoms with Crippen molar-refractivity contribution in [2.45, 2.75) is 31.7 Å². The molecule has 6 aromatic rings. The van der Waals surface area contributed by atoms with Crippen LogP contribution in [0.15, 0.2) is 101 Å². The summed E-state index contributed by atoms with van der Waals surface area (Å²) in [7, 11) is -3.96. The lowest BCUT2D eigenvalue weighted by atomic mass is 10.1. The summed E-state index contributed by atoms with van der Waals surface area (Å²) in [5.41, 5.74) is 9.81. The van der Waals surface area contributed by atoms with Gasteiger partial charge in [0.15, 0.2) is 5.82 Å². The zero-order valence-corrected chi connectivity index (χ0v) is 25.4. The molecule has 1 atom stereocenters. The Kier molecular flexibility index (Phi) is 7.46. The Balaban J connectivity index is 1.38. The van der Waals surface area contributed by atoms with Crippen LogP contribution < -0.4 is 21.3 Å². The van der Waals surface area contributed by atoms with Gasteiger partial charge in [0.1, 0.15) is 29.2 Å². The second-order valence-electron chi connectivity index (χ2n) is 10.6. The highest BCUT2D eigenvalue weighted by Crippen LogP contribution is 2.34. The minimum Gasteiger partial charge on any atom is -0.508 e. The third kappa shape index (κ3) is 5.56. The van der Waals surface area contributed by atoms with Crippen LogP contribution in [0.1, 0.15) is 29.9 Å². The van der Waals surface area contributed by atoms with Crippen molar-refractivity contribution < 1.29 is 13.5 Å². The first kappa shape index (κ1) is 29.4. The Morgan fingerprint density at radius 1 is 0.933 bits per heavy atom. The molecule has 0 spiro atoms. The number of sulfonamides is 1. The van der Waals surface area contributed by atoms with Crippen LogP contribution in [-0.2, 0) is 10.0 Å². The van der Waals surface area contributed by atoms with Gasteiger partial charge in [0.2, 0.25) is 0 Å². The normalized spacial score (nSPS) is 12.2. The van der Waals surface area contributed by atoms with Crippen LogP contribution >= 0.6 is 0 Å².